The normalized spacial score (nSPS) is 10.1. The Bertz CT molecular complexity index is 357. The average molecular weight is 194 g/mol. The summed E-state index contributed by atoms with van der Waals surface area (Å²) < 4.78 is 1.52. The molecule has 1 heterocycles. The van der Waals surface area contributed by atoms with Crippen LogP contribution in [0.2, 0.25) is 0 Å². The van der Waals surface area contributed by atoms with Gasteiger partial charge in [0, 0.05) is 31.6 Å². The number of aryl methyl sites for hydroxylation is 1. The van der Waals surface area contributed by atoms with E-state index in [1.165, 1.54) is 23.2 Å². The Kier molecular flexibility index (Phi) is 4.04. The summed E-state index contributed by atoms with van der Waals surface area (Å²) in [5, 5.41) is 0. The minimum Gasteiger partial charge on any atom is -0.300 e. The highest BCUT2D eigenvalue weighted by Crippen LogP contribution is 1.96. The summed E-state index contributed by atoms with van der Waals surface area (Å²) in [5.41, 5.74) is -0.0658. The molecule has 1 aromatic rings. The molecule has 0 aromatic carbocycles. The second-order valence-electron chi connectivity index (χ2n) is 3.11. The molecule has 0 saturated carbocycles. The highest BCUT2D eigenvalue weighted by atomic mass is 16.1. The van der Waals surface area contributed by atoms with E-state index in [1.54, 1.807) is 0 Å². The number of carbonyl (C=O) groups is 1. The van der Waals surface area contributed by atoms with E-state index in [-0.39, 0.29) is 11.3 Å². The number of Topliss-reactive ketones (excluding diaryl/α,β-unsaturated/α-hetero) is 1. The van der Waals surface area contributed by atoms with Gasteiger partial charge < -0.3 is 0 Å². The minimum absolute atomic E-state index is 0.0658. The Morgan fingerprint density at radius 2 is 2.36 bits per heavy atom. The van der Waals surface area contributed by atoms with E-state index in [0.29, 0.717) is 25.8 Å². The van der Waals surface area contributed by atoms with E-state index in [1.807, 2.05) is 6.92 Å². The third-order valence-corrected chi connectivity index (χ3v) is 2.04. The number of nitrogens with zero attached hydrogens (tertiary/aromatic N) is 2. The fourth-order valence-corrected chi connectivity index (χ4v) is 1.17. The summed E-state index contributed by atoms with van der Waals surface area (Å²) >= 11 is 0. The van der Waals surface area contributed by atoms with Gasteiger partial charge in [-0.3, -0.25) is 14.2 Å². The van der Waals surface area contributed by atoms with Crippen LogP contribution in [-0.2, 0) is 11.3 Å². The van der Waals surface area contributed by atoms with Crippen molar-refractivity contribution in [3.8, 4) is 0 Å². The smallest absolute Gasteiger partial charge is 0.253 e. The number of rotatable bonds is 5. The van der Waals surface area contributed by atoms with Gasteiger partial charge in [-0.1, -0.05) is 6.92 Å². The third-order valence-electron chi connectivity index (χ3n) is 2.04. The summed E-state index contributed by atoms with van der Waals surface area (Å²) in [6.45, 7) is 2.41. The maximum Gasteiger partial charge on any atom is 0.253 e. The van der Waals surface area contributed by atoms with Crippen molar-refractivity contribution in [1.29, 1.82) is 0 Å². The van der Waals surface area contributed by atoms with E-state index >= 15 is 0 Å². The molecule has 0 aliphatic heterocycles. The lowest BCUT2D eigenvalue weighted by atomic mass is 10.2. The van der Waals surface area contributed by atoms with Crippen LogP contribution in [0.4, 0.5) is 0 Å². The second kappa shape index (κ2) is 5.32. The van der Waals surface area contributed by atoms with Gasteiger partial charge in [0.05, 0.1) is 6.33 Å². The van der Waals surface area contributed by atoms with Crippen molar-refractivity contribution in [2.75, 3.05) is 0 Å². The Labute approximate surface area is 82.6 Å². The molecule has 4 nitrogen and oxygen atoms in total. The number of hydrogen-bond donors (Lipinski definition) is 0. The van der Waals surface area contributed by atoms with Crippen molar-refractivity contribution in [3.05, 3.63) is 28.9 Å². The van der Waals surface area contributed by atoms with Gasteiger partial charge in [0.1, 0.15) is 5.78 Å². The summed E-state index contributed by atoms with van der Waals surface area (Å²) in [6.07, 6.45) is 4.78. The molecular weight excluding hydrogens is 180 g/mol. The van der Waals surface area contributed by atoms with Crippen LogP contribution in [0.25, 0.3) is 0 Å². The summed E-state index contributed by atoms with van der Waals surface area (Å²) in [4.78, 5) is 26.0. The SMILES string of the molecule is CCC(=O)CCCn1cnccc1=O. The molecule has 0 radical (unpaired) electrons. The molecule has 0 bridgehead atoms. The van der Waals surface area contributed by atoms with Gasteiger partial charge in [-0.2, -0.15) is 0 Å². The first-order valence-electron chi connectivity index (χ1n) is 4.76. The zero-order valence-electron chi connectivity index (χ0n) is 8.27. The van der Waals surface area contributed by atoms with Crippen LogP contribution >= 0.6 is 0 Å². The molecule has 4 heteroatoms. The Morgan fingerprint density at radius 1 is 1.57 bits per heavy atom. The maximum atomic E-state index is 11.2. The predicted octanol–water partition coefficient (Wildman–Crippen LogP) is 1.00. The first-order valence-corrected chi connectivity index (χ1v) is 4.76. The number of hydrogen-bond acceptors (Lipinski definition) is 3. The third kappa shape index (κ3) is 3.12. The van der Waals surface area contributed by atoms with Crippen LogP contribution in [0.1, 0.15) is 26.2 Å². The molecule has 0 aliphatic rings. The average Bonchev–Trinajstić information content (AvgIpc) is 2.20. The van der Waals surface area contributed by atoms with Crippen LogP contribution in [0.3, 0.4) is 0 Å². The molecule has 14 heavy (non-hydrogen) atoms. The van der Waals surface area contributed by atoms with Crippen molar-refractivity contribution in [3.63, 3.8) is 0 Å². The van der Waals surface area contributed by atoms with Gasteiger partial charge in [-0.05, 0) is 6.42 Å². The van der Waals surface area contributed by atoms with E-state index in [9.17, 15) is 9.59 Å². The summed E-state index contributed by atoms with van der Waals surface area (Å²) in [5.74, 6) is 0.238. The number of carbonyl (C=O) groups excluding carboxylic acids is 1. The second-order valence-corrected chi connectivity index (χ2v) is 3.11. The molecule has 0 N–H and O–H groups in total. The van der Waals surface area contributed by atoms with Gasteiger partial charge in [-0.15, -0.1) is 0 Å². The quantitative estimate of drug-likeness (QED) is 0.702. The lowest BCUT2D eigenvalue weighted by Gasteiger charge is -2.02. The largest absolute Gasteiger partial charge is 0.300 e. The van der Waals surface area contributed by atoms with Gasteiger partial charge >= 0.3 is 0 Å². The zero-order chi connectivity index (χ0) is 10.4. The van der Waals surface area contributed by atoms with Gasteiger partial charge in [0.2, 0.25) is 0 Å². The topological polar surface area (TPSA) is 52.0 Å². The van der Waals surface area contributed by atoms with E-state index in [2.05, 4.69) is 4.98 Å². The van der Waals surface area contributed by atoms with E-state index in [4.69, 9.17) is 0 Å². The maximum absolute atomic E-state index is 11.2. The highest BCUT2D eigenvalue weighted by molar-refractivity contribution is 5.77. The van der Waals surface area contributed by atoms with E-state index < -0.39 is 0 Å². The van der Waals surface area contributed by atoms with Gasteiger partial charge in [0.15, 0.2) is 0 Å². The van der Waals surface area contributed by atoms with Gasteiger partial charge in [-0.25, -0.2) is 4.98 Å². The minimum atomic E-state index is -0.0658. The first kappa shape index (κ1) is 10.6. The molecule has 1 rings (SSSR count). The van der Waals surface area contributed by atoms with Crippen LogP contribution < -0.4 is 5.56 Å². The van der Waals surface area contributed by atoms with Crippen molar-refractivity contribution < 1.29 is 4.79 Å². The number of aromatic nitrogens is 2. The molecule has 0 aliphatic carbocycles. The van der Waals surface area contributed by atoms with Gasteiger partial charge in [0.25, 0.3) is 5.56 Å². The molecule has 0 fully saturated rings. The summed E-state index contributed by atoms with van der Waals surface area (Å²) in [7, 11) is 0. The monoisotopic (exact) mass is 194 g/mol. The van der Waals surface area contributed by atoms with Crippen LogP contribution in [0.15, 0.2) is 23.4 Å². The van der Waals surface area contributed by atoms with Crippen molar-refractivity contribution in [2.24, 2.45) is 0 Å². The fourth-order valence-electron chi connectivity index (χ4n) is 1.17. The summed E-state index contributed by atoms with van der Waals surface area (Å²) in [6, 6.07) is 1.42. The number of ketones is 1. The molecule has 1 aromatic heterocycles. The van der Waals surface area contributed by atoms with Crippen molar-refractivity contribution in [2.45, 2.75) is 32.7 Å². The van der Waals surface area contributed by atoms with Crippen molar-refractivity contribution in [1.82, 2.24) is 9.55 Å². The van der Waals surface area contributed by atoms with E-state index in [0.717, 1.165) is 0 Å². The molecule has 0 unspecified atom stereocenters. The Morgan fingerprint density at radius 3 is 3.00 bits per heavy atom. The molecule has 0 amide bonds. The predicted molar refractivity (Wildman–Crippen MR) is 53.0 cm³/mol. The Hall–Kier alpha value is -1.45. The standard InChI is InChI=1S/C10H14N2O2/c1-2-9(13)4-3-7-12-8-11-6-5-10(12)14/h5-6,8H,2-4,7H2,1H3. The van der Waals surface area contributed by atoms with Crippen LogP contribution in [0, 0.1) is 0 Å². The fraction of sp³-hybridized carbons (Fsp3) is 0.500. The molecule has 0 saturated heterocycles. The molecule has 76 valence electrons. The molecular formula is C10H14N2O2. The molecule has 0 spiro atoms. The van der Waals surface area contributed by atoms with Crippen LogP contribution in [-0.4, -0.2) is 15.3 Å². The first-order chi connectivity index (χ1) is 6.74. The van der Waals surface area contributed by atoms with Crippen molar-refractivity contribution >= 4 is 5.78 Å². The highest BCUT2D eigenvalue weighted by Gasteiger charge is 1.99. The molecule has 0 atom stereocenters. The van der Waals surface area contributed by atoms with Crippen LogP contribution in [0.5, 0.6) is 0 Å². The zero-order valence-corrected chi connectivity index (χ0v) is 8.27. The lowest BCUT2D eigenvalue weighted by Crippen LogP contribution is -2.19. The lowest BCUT2D eigenvalue weighted by molar-refractivity contribution is -0.118. The Balaban J connectivity index is 2.43.